The van der Waals surface area contributed by atoms with Crippen LogP contribution in [-0.4, -0.2) is 22.5 Å². The number of halogens is 3. The Labute approximate surface area is 146 Å². The van der Waals surface area contributed by atoms with E-state index < -0.39 is 17.7 Å². The Morgan fingerprint density at radius 1 is 1.15 bits per heavy atom. The van der Waals surface area contributed by atoms with E-state index in [0.29, 0.717) is 29.3 Å². The number of carbonyl (C=O) groups is 1. The van der Waals surface area contributed by atoms with Gasteiger partial charge < -0.3 is 14.5 Å². The highest BCUT2D eigenvalue weighted by molar-refractivity contribution is 5.81. The summed E-state index contributed by atoms with van der Waals surface area (Å²) in [7, 11) is 0. The van der Waals surface area contributed by atoms with E-state index >= 15 is 0 Å². The van der Waals surface area contributed by atoms with Crippen molar-refractivity contribution in [2.24, 2.45) is 0 Å². The van der Waals surface area contributed by atoms with Crippen LogP contribution in [0.15, 0.2) is 36.4 Å². The molecule has 0 radical (unpaired) electrons. The van der Waals surface area contributed by atoms with Gasteiger partial charge in [-0.15, -0.1) is 0 Å². The number of imidazole rings is 1. The minimum Gasteiger partial charge on any atom is -0.490 e. The molecular formula is C18H15F3N2O3. The smallest absolute Gasteiger partial charge is 0.416 e. The van der Waals surface area contributed by atoms with E-state index in [-0.39, 0.29) is 11.3 Å². The number of nitrogens with one attached hydrogen (secondary N) is 1. The second-order valence-electron chi connectivity index (χ2n) is 5.50. The van der Waals surface area contributed by atoms with Gasteiger partial charge in [0.2, 0.25) is 0 Å². The van der Waals surface area contributed by atoms with Gasteiger partial charge in [-0.05, 0) is 43.3 Å². The number of carbonyl (C=O) groups excluding carboxylic acids is 1. The number of aromatic amines is 1. The van der Waals surface area contributed by atoms with Gasteiger partial charge in [-0.3, -0.25) is 4.79 Å². The molecule has 0 saturated heterocycles. The molecule has 0 spiro atoms. The summed E-state index contributed by atoms with van der Waals surface area (Å²) in [6, 6.07) is 8.13. The lowest BCUT2D eigenvalue weighted by Gasteiger charge is -2.10. The predicted molar refractivity (Wildman–Crippen MR) is 89.0 cm³/mol. The number of benzene rings is 2. The number of aromatic nitrogens is 2. The van der Waals surface area contributed by atoms with Crippen LogP contribution in [0.25, 0.3) is 22.4 Å². The number of H-pyrrole nitrogens is 1. The van der Waals surface area contributed by atoms with E-state index in [2.05, 4.69) is 9.97 Å². The second kappa shape index (κ2) is 6.70. The first-order chi connectivity index (χ1) is 12.3. The number of fused-ring (bicyclic) bond motifs is 1. The average molecular weight is 364 g/mol. The van der Waals surface area contributed by atoms with E-state index in [1.54, 1.807) is 25.1 Å². The number of rotatable bonds is 4. The Hall–Kier alpha value is -3.03. The number of hydrogen-bond donors (Lipinski definition) is 1. The predicted octanol–water partition coefficient (Wildman–Crippen LogP) is 4.57. The molecule has 2 aromatic carbocycles. The molecule has 0 amide bonds. The van der Waals surface area contributed by atoms with Gasteiger partial charge in [0.05, 0.1) is 23.2 Å². The Morgan fingerprint density at radius 3 is 2.58 bits per heavy atom. The van der Waals surface area contributed by atoms with Crippen molar-refractivity contribution in [3.8, 4) is 22.9 Å². The molecule has 3 aromatic rings. The van der Waals surface area contributed by atoms with Crippen LogP contribution in [0.1, 0.15) is 19.4 Å². The lowest BCUT2D eigenvalue weighted by molar-refractivity contribution is -0.137. The minimum atomic E-state index is -4.42. The van der Waals surface area contributed by atoms with E-state index in [0.717, 1.165) is 12.1 Å². The van der Waals surface area contributed by atoms with Crippen molar-refractivity contribution in [2.45, 2.75) is 20.0 Å². The van der Waals surface area contributed by atoms with Gasteiger partial charge in [-0.2, -0.15) is 13.2 Å². The topological polar surface area (TPSA) is 64.2 Å². The molecule has 0 bridgehead atoms. The summed E-state index contributed by atoms with van der Waals surface area (Å²) < 4.78 is 49.1. The number of hydrogen-bond acceptors (Lipinski definition) is 4. The summed E-state index contributed by atoms with van der Waals surface area (Å²) in [4.78, 5) is 18.4. The molecule has 0 aliphatic heterocycles. The molecule has 3 rings (SSSR count). The minimum absolute atomic E-state index is 0.263. The quantitative estimate of drug-likeness (QED) is 0.544. The summed E-state index contributed by atoms with van der Waals surface area (Å²) in [6.45, 7) is 3.41. The highest BCUT2D eigenvalue weighted by Gasteiger charge is 2.30. The normalized spacial score (nSPS) is 11.6. The first-order valence-corrected chi connectivity index (χ1v) is 7.80. The fourth-order valence-corrected chi connectivity index (χ4v) is 2.49. The molecule has 136 valence electrons. The Morgan fingerprint density at radius 2 is 1.92 bits per heavy atom. The molecular weight excluding hydrogens is 349 g/mol. The highest BCUT2D eigenvalue weighted by Crippen LogP contribution is 2.34. The molecule has 8 heteroatoms. The van der Waals surface area contributed by atoms with Gasteiger partial charge in [-0.25, -0.2) is 4.98 Å². The van der Waals surface area contributed by atoms with Crippen LogP contribution in [0, 0.1) is 0 Å². The summed E-state index contributed by atoms with van der Waals surface area (Å²) in [5.41, 5.74) is 0.529. The summed E-state index contributed by atoms with van der Waals surface area (Å²) in [6.07, 6.45) is -4.42. The summed E-state index contributed by atoms with van der Waals surface area (Å²) in [5.74, 6) is 0.506. The van der Waals surface area contributed by atoms with Crippen molar-refractivity contribution in [3.05, 3.63) is 42.0 Å². The maximum absolute atomic E-state index is 12.8. The Balaban J connectivity index is 2.02. The third-order valence-corrected chi connectivity index (χ3v) is 3.58. The lowest BCUT2D eigenvalue weighted by Crippen LogP contribution is -2.04. The largest absolute Gasteiger partial charge is 0.490 e. The molecule has 0 unspecified atom stereocenters. The van der Waals surface area contributed by atoms with Crippen molar-refractivity contribution < 1.29 is 27.4 Å². The molecule has 0 aliphatic carbocycles. The standard InChI is InChI=1S/C18H15F3N2O3/c1-3-25-16-8-11(4-7-15(16)26-10(2)24)17-22-13-6-5-12(18(19,20)21)9-14(13)23-17/h4-9H,3H2,1-2H3,(H,22,23). The van der Waals surface area contributed by atoms with Crippen molar-refractivity contribution in [3.63, 3.8) is 0 Å². The average Bonchev–Trinajstić information content (AvgIpc) is 2.98. The third-order valence-electron chi connectivity index (χ3n) is 3.58. The molecule has 0 saturated carbocycles. The van der Waals surface area contributed by atoms with Gasteiger partial charge in [0.1, 0.15) is 5.82 Å². The Kier molecular flexibility index (Phi) is 4.58. The van der Waals surface area contributed by atoms with E-state index in [4.69, 9.17) is 9.47 Å². The van der Waals surface area contributed by atoms with Gasteiger partial charge in [0, 0.05) is 12.5 Å². The van der Waals surface area contributed by atoms with Crippen LogP contribution in [-0.2, 0) is 11.0 Å². The van der Waals surface area contributed by atoms with Gasteiger partial charge in [-0.1, -0.05) is 0 Å². The van der Waals surface area contributed by atoms with Crippen molar-refractivity contribution in [1.82, 2.24) is 9.97 Å². The molecule has 1 N–H and O–H groups in total. The van der Waals surface area contributed by atoms with Crippen molar-refractivity contribution >= 4 is 17.0 Å². The van der Waals surface area contributed by atoms with Crippen LogP contribution < -0.4 is 9.47 Å². The summed E-state index contributed by atoms with van der Waals surface area (Å²) >= 11 is 0. The molecule has 1 aromatic heterocycles. The Bertz CT molecular complexity index is 964. The lowest BCUT2D eigenvalue weighted by atomic mass is 10.2. The van der Waals surface area contributed by atoms with Crippen LogP contribution in [0.5, 0.6) is 11.5 Å². The molecule has 26 heavy (non-hydrogen) atoms. The van der Waals surface area contributed by atoms with Crippen molar-refractivity contribution in [1.29, 1.82) is 0 Å². The first-order valence-electron chi connectivity index (χ1n) is 7.80. The number of nitrogens with zero attached hydrogens (tertiary/aromatic N) is 1. The first kappa shape index (κ1) is 17.8. The van der Waals surface area contributed by atoms with Gasteiger partial charge in [0.15, 0.2) is 11.5 Å². The SMILES string of the molecule is CCOc1cc(-c2nc3ccc(C(F)(F)F)cc3[nH]2)ccc1OC(C)=O. The number of esters is 1. The van der Waals surface area contributed by atoms with Crippen LogP contribution in [0.4, 0.5) is 13.2 Å². The molecule has 1 heterocycles. The molecule has 0 aliphatic rings. The fraction of sp³-hybridized carbons (Fsp3) is 0.222. The van der Waals surface area contributed by atoms with Crippen molar-refractivity contribution in [2.75, 3.05) is 6.61 Å². The zero-order valence-corrected chi connectivity index (χ0v) is 14.0. The van der Waals surface area contributed by atoms with Crippen LogP contribution in [0.3, 0.4) is 0 Å². The molecule has 0 atom stereocenters. The van der Waals surface area contributed by atoms with Crippen LogP contribution >= 0.6 is 0 Å². The maximum atomic E-state index is 12.8. The van der Waals surface area contributed by atoms with E-state index in [1.165, 1.54) is 13.0 Å². The maximum Gasteiger partial charge on any atom is 0.416 e. The number of ether oxygens (including phenoxy) is 2. The van der Waals surface area contributed by atoms with Gasteiger partial charge >= 0.3 is 12.1 Å². The fourth-order valence-electron chi connectivity index (χ4n) is 2.49. The van der Waals surface area contributed by atoms with E-state index in [9.17, 15) is 18.0 Å². The molecule has 5 nitrogen and oxygen atoms in total. The van der Waals surface area contributed by atoms with Gasteiger partial charge in [0.25, 0.3) is 0 Å². The monoisotopic (exact) mass is 364 g/mol. The summed E-state index contributed by atoms with van der Waals surface area (Å²) in [5, 5.41) is 0. The third kappa shape index (κ3) is 3.63. The zero-order chi connectivity index (χ0) is 18.9. The second-order valence-corrected chi connectivity index (χ2v) is 5.50. The van der Waals surface area contributed by atoms with Crippen LogP contribution in [0.2, 0.25) is 0 Å². The number of alkyl halides is 3. The highest BCUT2D eigenvalue weighted by atomic mass is 19.4. The zero-order valence-electron chi connectivity index (χ0n) is 14.0. The molecule has 0 fully saturated rings. The van der Waals surface area contributed by atoms with E-state index in [1.807, 2.05) is 0 Å².